The lowest BCUT2D eigenvalue weighted by molar-refractivity contribution is 0.241. The summed E-state index contributed by atoms with van der Waals surface area (Å²) >= 11 is 0. The molecule has 0 unspecified atom stereocenters. The standard InChI is InChI=1S/C16H18O2/c1-13(2)18-16-10-8-15(9-11-16)17-12-14-6-4-3-5-7-14/h3-11,13H,12H2,1-2H3. The van der Waals surface area contributed by atoms with Crippen LogP contribution in [0.2, 0.25) is 0 Å². The molecule has 18 heavy (non-hydrogen) atoms. The first kappa shape index (κ1) is 12.5. The van der Waals surface area contributed by atoms with Crippen LogP contribution in [0.25, 0.3) is 0 Å². The highest BCUT2D eigenvalue weighted by molar-refractivity contribution is 5.31. The van der Waals surface area contributed by atoms with Gasteiger partial charge < -0.3 is 9.47 Å². The molecule has 2 aromatic rings. The second-order valence-electron chi connectivity index (χ2n) is 4.41. The van der Waals surface area contributed by atoms with Crippen molar-refractivity contribution in [2.45, 2.75) is 26.6 Å². The maximum atomic E-state index is 5.70. The zero-order valence-electron chi connectivity index (χ0n) is 10.8. The molecule has 0 saturated heterocycles. The van der Waals surface area contributed by atoms with Crippen molar-refractivity contribution in [2.24, 2.45) is 0 Å². The van der Waals surface area contributed by atoms with Crippen molar-refractivity contribution in [2.75, 3.05) is 0 Å². The Balaban J connectivity index is 1.90. The lowest BCUT2D eigenvalue weighted by Gasteiger charge is -2.10. The molecule has 0 amide bonds. The third kappa shape index (κ3) is 3.81. The van der Waals surface area contributed by atoms with E-state index in [9.17, 15) is 0 Å². The molecule has 2 aromatic carbocycles. The van der Waals surface area contributed by atoms with Gasteiger partial charge in [0.25, 0.3) is 0 Å². The fraction of sp³-hybridized carbons (Fsp3) is 0.250. The number of hydrogen-bond donors (Lipinski definition) is 0. The van der Waals surface area contributed by atoms with Crippen molar-refractivity contribution in [1.82, 2.24) is 0 Å². The fourth-order valence-corrected chi connectivity index (χ4v) is 1.63. The third-order valence-electron chi connectivity index (χ3n) is 2.44. The smallest absolute Gasteiger partial charge is 0.120 e. The molecule has 0 aliphatic rings. The van der Waals surface area contributed by atoms with Crippen LogP contribution in [0.15, 0.2) is 54.6 Å². The highest BCUT2D eigenvalue weighted by Gasteiger charge is 1.99. The Morgan fingerprint density at radius 2 is 1.44 bits per heavy atom. The third-order valence-corrected chi connectivity index (χ3v) is 2.44. The van der Waals surface area contributed by atoms with Crippen molar-refractivity contribution >= 4 is 0 Å². The van der Waals surface area contributed by atoms with E-state index in [0.717, 1.165) is 11.5 Å². The first-order valence-corrected chi connectivity index (χ1v) is 6.17. The maximum absolute atomic E-state index is 5.70. The molecule has 0 aliphatic heterocycles. The highest BCUT2D eigenvalue weighted by Crippen LogP contribution is 2.19. The molecule has 0 spiro atoms. The molecule has 0 aliphatic carbocycles. The summed E-state index contributed by atoms with van der Waals surface area (Å²) in [6, 6.07) is 17.9. The lowest BCUT2D eigenvalue weighted by Crippen LogP contribution is -2.05. The predicted octanol–water partition coefficient (Wildman–Crippen LogP) is 4.05. The highest BCUT2D eigenvalue weighted by atomic mass is 16.5. The Labute approximate surface area is 108 Å². The molecule has 2 heteroatoms. The minimum absolute atomic E-state index is 0.195. The molecule has 0 aromatic heterocycles. The van der Waals surface area contributed by atoms with Gasteiger partial charge in [0.05, 0.1) is 6.10 Å². The second-order valence-corrected chi connectivity index (χ2v) is 4.41. The van der Waals surface area contributed by atoms with Crippen molar-refractivity contribution in [3.8, 4) is 11.5 Å². The number of hydrogen-bond acceptors (Lipinski definition) is 2. The van der Waals surface area contributed by atoms with Crippen LogP contribution in [0.5, 0.6) is 11.5 Å². The zero-order valence-corrected chi connectivity index (χ0v) is 10.8. The molecule has 0 N–H and O–H groups in total. The van der Waals surface area contributed by atoms with Crippen LogP contribution in [0.4, 0.5) is 0 Å². The van der Waals surface area contributed by atoms with Gasteiger partial charge in [0, 0.05) is 0 Å². The van der Waals surface area contributed by atoms with Crippen molar-refractivity contribution in [3.05, 3.63) is 60.2 Å². The molecular weight excluding hydrogens is 224 g/mol. The van der Waals surface area contributed by atoms with Gasteiger partial charge in [-0.3, -0.25) is 0 Å². The first-order chi connectivity index (χ1) is 8.74. The average Bonchev–Trinajstić information content (AvgIpc) is 2.38. The first-order valence-electron chi connectivity index (χ1n) is 6.17. The van der Waals surface area contributed by atoms with Crippen molar-refractivity contribution in [3.63, 3.8) is 0 Å². The zero-order chi connectivity index (χ0) is 12.8. The summed E-state index contributed by atoms with van der Waals surface area (Å²) in [5.41, 5.74) is 1.17. The van der Waals surface area contributed by atoms with Crippen LogP contribution in [-0.4, -0.2) is 6.10 Å². The van der Waals surface area contributed by atoms with E-state index in [2.05, 4.69) is 12.1 Å². The van der Waals surface area contributed by atoms with Crippen LogP contribution in [0, 0.1) is 0 Å². The predicted molar refractivity (Wildman–Crippen MR) is 73.0 cm³/mol. The van der Waals surface area contributed by atoms with E-state index < -0.39 is 0 Å². The summed E-state index contributed by atoms with van der Waals surface area (Å²) in [6.45, 7) is 4.62. The summed E-state index contributed by atoms with van der Waals surface area (Å²) in [7, 11) is 0. The van der Waals surface area contributed by atoms with Gasteiger partial charge in [0.2, 0.25) is 0 Å². The second kappa shape index (κ2) is 6.10. The van der Waals surface area contributed by atoms with E-state index in [1.54, 1.807) is 0 Å². The summed E-state index contributed by atoms with van der Waals surface area (Å²) in [4.78, 5) is 0. The topological polar surface area (TPSA) is 18.5 Å². The molecule has 2 rings (SSSR count). The van der Waals surface area contributed by atoms with E-state index in [0.29, 0.717) is 6.61 Å². The van der Waals surface area contributed by atoms with Crippen LogP contribution < -0.4 is 9.47 Å². The number of rotatable bonds is 5. The van der Waals surface area contributed by atoms with E-state index in [1.165, 1.54) is 5.56 Å². The van der Waals surface area contributed by atoms with Crippen LogP contribution in [0.1, 0.15) is 19.4 Å². The molecule has 0 heterocycles. The quantitative estimate of drug-likeness (QED) is 0.787. The SMILES string of the molecule is CC(C)Oc1ccc(OCc2ccccc2)cc1. The molecule has 0 atom stereocenters. The van der Waals surface area contributed by atoms with Crippen LogP contribution in [0.3, 0.4) is 0 Å². The average molecular weight is 242 g/mol. The normalized spacial score (nSPS) is 10.4. The molecule has 0 saturated carbocycles. The van der Waals surface area contributed by atoms with Gasteiger partial charge in [0.1, 0.15) is 18.1 Å². The monoisotopic (exact) mass is 242 g/mol. The van der Waals surface area contributed by atoms with Crippen LogP contribution in [-0.2, 0) is 6.61 Å². The largest absolute Gasteiger partial charge is 0.491 e. The summed E-state index contributed by atoms with van der Waals surface area (Å²) in [6.07, 6.45) is 0.195. The number of ether oxygens (including phenoxy) is 2. The number of benzene rings is 2. The van der Waals surface area contributed by atoms with E-state index in [-0.39, 0.29) is 6.10 Å². The van der Waals surface area contributed by atoms with E-state index >= 15 is 0 Å². The Morgan fingerprint density at radius 1 is 0.833 bits per heavy atom. The van der Waals surface area contributed by atoms with Crippen LogP contribution >= 0.6 is 0 Å². The Hall–Kier alpha value is -1.96. The van der Waals surface area contributed by atoms with Crippen molar-refractivity contribution < 1.29 is 9.47 Å². The van der Waals surface area contributed by atoms with Gasteiger partial charge >= 0.3 is 0 Å². The van der Waals surface area contributed by atoms with Gasteiger partial charge in [-0.25, -0.2) is 0 Å². The van der Waals surface area contributed by atoms with Gasteiger partial charge in [-0.15, -0.1) is 0 Å². The van der Waals surface area contributed by atoms with Crippen molar-refractivity contribution in [1.29, 1.82) is 0 Å². The Bertz CT molecular complexity index is 460. The van der Waals surface area contributed by atoms with Gasteiger partial charge in [0.15, 0.2) is 0 Å². The summed E-state index contributed by atoms with van der Waals surface area (Å²) < 4.78 is 11.3. The fourth-order valence-electron chi connectivity index (χ4n) is 1.63. The van der Waals surface area contributed by atoms with E-state index in [4.69, 9.17) is 9.47 Å². The molecule has 0 radical (unpaired) electrons. The minimum Gasteiger partial charge on any atom is -0.491 e. The van der Waals surface area contributed by atoms with Gasteiger partial charge in [-0.2, -0.15) is 0 Å². The summed E-state index contributed by atoms with van der Waals surface area (Å²) in [5.74, 6) is 1.73. The minimum atomic E-state index is 0.195. The molecule has 2 nitrogen and oxygen atoms in total. The molecule has 0 fully saturated rings. The van der Waals surface area contributed by atoms with Gasteiger partial charge in [-0.1, -0.05) is 30.3 Å². The summed E-state index contributed by atoms with van der Waals surface area (Å²) in [5, 5.41) is 0. The lowest BCUT2D eigenvalue weighted by atomic mass is 10.2. The molecule has 94 valence electrons. The van der Waals surface area contributed by atoms with E-state index in [1.807, 2.05) is 56.3 Å². The molecule has 0 bridgehead atoms. The molecular formula is C16H18O2. The Kier molecular flexibility index (Phi) is 4.24. The Morgan fingerprint density at radius 3 is 2.06 bits per heavy atom. The van der Waals surface area contributed by atoms with Gasteiger partial charge in [-0.05, 0) is 43.7 Å². The maximum Gasteiger partial charge on any atom is 0.120 e.